The fourth-order valence-corrected chi connectivity index (χ4v) is 4.87. The van der Waals surface area contributed by atoms with Crippen molar-refractivity contribution in [2.24, 2.45) is 0 Å². The molecule has 20 heavy (non-hydrogen) atoms. The van der Waals surface area contributed by atoms with Crippen molar-refractivity contribution in [1.29, 1.82) is 0 Å². The van der Waals surface area contributed by atoms with Gasteiger partial charge in [-0.1, -0.05) is 0 Å². The van der Waals surface area contributed by atoms with Gasteiger partial charge in [0.25, 0.3) is 0 Å². The van der Waals surface area contributed by atoms with E-state index in [1.54, 1.807) is 0 Å². The summed E-state index contributed by atoms with van der Waals surface area (Å²) in [5.74, 6) is 0. The zero-order chi connectivity index (χ0) is 14.4. The minimum absolute atomic E-state index is 0.318. The minimum Gasteiger partial charge on any atom is -0.388 e. The Morgan fingerprint density at radius 3 is 2.45 bits per heavy atom. The summed E-state index contributed by atoms with van der Waals surface area (Å²) in [6, 6.07) is 6.38. The van der Waals surface area contributed by atoms with Crippen molar-refractivity contribution in [3.63, 3.8) is 0 Å². The predicted octanol–water partition coefficient (Wildman–Crippen LogP) is 4.99. The number of aromatic nitrogens is 1. The number of hydrogen-bond acceptors (Lipinski definition) is 1. The molecule has 2 nitrogen and oxygen atoms in total. The Balaban J connectivity index is 2.26. The monoisotopic (exact) mass is 397 g/mol. The molecule has 0 bridgehead atoms. The molecule has 0 spiro atoms. The molecule has 1 unspecified atom stereocenters. The van der Waals surface area contributed by atoms with Crippen LogP contribution in [0.2, 0.25) is 0 Å². The molecule has 1 N–H and O–H groups in total. The summed E-state index contributed by atoms with van der Waals surface area (Å²) in [4.78, 5) is 0. The van der Waals surface area contributed by atoms with E-state index in [2.05, 4.69) is 68.5 Å². The van der Waals surface area contributed by atoms with Crippen molar-refractivity contribution in [1.82, 2.24) is 4.57 Å². The van der Waals surface area contributed by atoms with Crippen molar-refractivity contribution in [3.8, 4) is 5.69 Å². The summed E-state index contributed by atoms with van der Waals surface area (Å²) in [6.45, 7) is 4.19. The Kier molecular flexibility index (Phi) is 3.82. The molecule has 1 aliphatic rings. The molecule has 0 radical (unpaired) electrons. The first-order valence-electron chi connectivity index (χ1n) is 6.84. The molecule has 3 rings (SSSR count). The van der Waals surface area contributed by atoms with Gasteiger partial charge in [-0.2, -0.15) is 0 Å². The van der Waals surface area contributed by atoms with E-state index >= 15 is 0 Å². The standard InChI is InChI=1S/C16H17Br2NO/c1-9-6-12(17)16(13(18)7-9)19-10(2)8-11-14(19)4-3-5-15(11)20/h6-8,15,20H,3-5H2,1-2H3. The second-order valence-electron chi connectivity index (χ2n) is 5.51. The number of hydrogen-bond donors (Lipinski definition) is 1. The summed E-state index contributed by atoms with van der Waals surface area (Å²) in [5, 5.41) is 10.2. The van der Waals surface area contributed by atoms with Gasteiger partial charge in [-0.05, 0) is 88.7 Å². The van der Waals surface area contributed by atoms with E-state index in [0.29, 0.717) is 0 Å². The number of aliphatic hydroxyl groups excluding tert-OH is 1. The molecule has 0 aliphatic heterocycles. The van der Waals surface area contributed by atoms with Crippen molar-refractivity contribution >= 4 is 31.9 Å². The maximum Gasteiger partial charge on any atom is 0.0807 e. The van der Waals surface area contributed by atoms with Crippen molar-refractivity contribution in [2.45, 2.75) is 39.2 Å². The van der Waals surface area contributed by atoms with Crippen LogP contribution < -0.4 is 0 Å². The molecule has 1 heterocycles. The first kappa shape index (κ1) is 14.4. The molecule has 0 saturated heterocycles. The number of benzene rings is 1. The lowest BCUT2D eigenvalue weighted by atomic mass is 9.95. The van der Waals surface area contributed by atoms with Crippen LogP contribution in [0.25, 0.3) is 5.69 Å². The third-order valence-corrected chi connectivity index (χ3v) is 5.16. The van der Waals surface area contributed by atoms with E-state index in [4.69, 9.17) is 0 Å². The highest BCUT2D eigenvalue weighted by molar-refractivity contribution is 9.11. The predicted molar refractivity (Wildman–Crippen MR) is 88.5 cm³/mol. The minimum atomic E-state index is -0.318. The quantitative estimate of drug-likeness (QED) is 0.719. The zero-order valence-electron chi connectivity index (χ0n) is 11.6. The van der Waals surface area contributed by atoms with Crippen LogP contribution in [0.1, 0.15) is 41.5 Å². The first-order chi connectivity index (χ1) is 9.49. The maximum atomic E-state index is 10.2. The fourth-order valence-electron chi connectivity index (χ4n) is 3.10. The highest BCUT2D eigenvalue weighted by Gasteiger charge is 2.25. The topological polar surface area (TPSA) is 25.2 Å². The van der Waals surface area contributed by atoms with Crippen LogP contribution in [0.5, 0.6) is 0 Å². The van der Waals surface area contributed by atoms with E-state index in [-0.39, 0.29) is 6.10 Å². The third kappa shape index (κ3) is 2.28. The van der Waals surface area contributed by atoms with Crippen LogP contribution in [-0.4, -0.2) is 9.67 Å². The van der Waals surface area contributed by atoms with Gasteiger partial charge < -0.3 is 9.67 Å². The largest absolute Gasteiger partial charge is 0.388 e. The van der Waals surface area contributed by atoms with E-state index in [0.717, 1.165) is 39.5 Å². The van der Waals surface area contributed by atoms with Crippen LogP contribution in [0.4, 0.5) is 0 Å². The average Bonchev–Trinajstić information content (AvgIpc) is 2.67. The molecule has 1 aromatic heterocycles. The van der Waals surface area contributed by atoms with Gasteiger partial charge in [0.1, 0.15) is 0 Å². The van der Waals surface area contributed by atoms with Gasteiger partial charge in [-0.3, -0.25) is 0 Å². The lowest BCUT2D eigenvalue weighted by Gasteiger charge is -2.22. The smallest absolute Gasteiger partial charge is 0.0807 e. The van der Waals surface area contributed by atoms with Crippen LogP contribution in [0, 0.1) is 13.8 Å². The van der Waals surface area contributed by atoms with Crippen LogP contribution in [-0.2, 0) is 6.42 Å². The molecule has 1 aliphatic carbocycles. The molecule has 1 aromatic carbocycles. The molecule has 4 heteroatoms. The lowest BCUT2D eigenvalue weighted by Crippen LogP contribution is -2.12. The van der Waals surface area contributed by atoms with Crippen molar-refractivity contribution in [3.05, 3.63) is 49.7 Å². The van der Waals surface area contributed by atoms with Gasteiger partial charge >= 0.3 is 0 Å². The molecule has 0 fully saturated rings. The molecule has 0 amide bonds. The lowest BCUT2D eigenvalue weighted by molar-refractivity contribution is 0.156. The number of rotatable bonds is 1. The van der Waals surface area contributed by atoms with Gasteiger partial charge in [-0.25, -0.2) is 0 Å². The molecule has 106 valence electrons. The molecular weight excluding hydrogens is 382 g/mol. The highest BCUT2D eigenvalue weighted by Crippen LogP contribution is 2.38. The normalized spacial score (nSPS) is 18.1. The van der Waals surface area contributed by atoms with Crippen LogP contribution in [0.3, 0.4) is 0 Å². The summed E-state index contributed by atoms with van der Waals surface area (Å²) < 4.78 is 4.42. The molecule has 2 aromatic rings. The molecular formula is C16H17Br2NO. The highest BCUT2D eigenvalue weighted by atomic mass is 79.9. The first-order valence-corrected chi connectivity index (χ1v) is 8.43. The van der Waals surface area contributed by atoms with Crippen molar-refractivity contribution < 1.29 is 5.11 Å². The zero-order valence-corrected chi connectivity index (χ0v) is 14.8. The Morgan fingerprint density at radius 1 is 1.15 bits per heavy atom. The average molecular weight is 399 g/mol. The van der Waals surface area contributed by atoms with E-state index in [1.807, 2.05) is 0 Å². The molecule has 0 saturated carbocycles. The fraction of sp³-hybridized carbons (Fsp3) is 0.375. The van der Waals surface area contributed by atoms with Gasteiger partial charge in [0.05, 0.1) is 11.8 Å². The Morgan fingerprint density at radius 2 is 1.80 bits per heavy atom. The second kappa shape index (κ2) is 5.32. The number of aliphatic hydroxyl groups is 1. The number of fused-ring (bicyclic) bond motifs is 1. The summed E-state index contributed by atoms with van der Waals surface area (Å²) >= 11 is 7.37. The van der Waals surface area contributed by atoms with Gasteiger partial charge in [-0.15, -0.1) is 0 Å². The summed E-state index contributed by atoms with van der Waals surface area (Å²) in [5.41, 5.74) is 5.84. The number of halogens is 2. The maximum absolute atomic E-state index is 10.2. The van der Waals surface area contributed by atoms with Crippen LogP contribution >= 0.6 is 31.9 Å². The SMILES string of the molecule is Cc1cc(Br)c(-n2c(C)cc3c2CCCC3O)c(Br)c1. The van der Waals surface area contributed by atoms with Crippen LogP contribution in [0.15, 0.2) is 27.1 Å². The Labute approximate surface area is 136 Å². The summed E-state index contributed by atoms with van der Waals surface area (Å²) in [6.07, 6.45) is 2.61. The second-order valence-corrected chi connectivity index (χ2v) is 7.22. The molecule has 1 atom stereocenters. The third-order valence-electron chi connectivity index (χ3n) is 3.96. The number of nitrogens with zero attached hydrogens (tertiary/aromatic N) is 1. The van der Waals surface area contributed by atoms with E-state index < -0.39 is 0 Å². The number of aryl methyl sites for hydroxylation is 2. The van der Waals surface area contributed by atoms with E-state index in [9.17, 15) is 5.11 Å². The van der Waals surface area contributed by atoms with Gasteiger partial charge in [0, 0.05) is 25.9 Å². The van der Waals surface area contributed by atoms with Crippen molar-refractivity contribution in [2.75, 3.05) is 0 Å². The Hall–Kier alpha value is -0.580. The van der Waals surface area contributed by atoms with Gasteiger partial charge in [0.15, 0.2) is 0 Å². The van der Waals surface area contributed by atoms with E-state index in [1.165, 1.54) is 17.0 Å². The Bertz CT molecular complexity index is 652. The summed E-state index contributed by atoms with van der Waals surface area (Å²) in [7, 11) is 0. The van der Waals surface area contributed by atoms with Gasteiger partial charge in [0.2, 0.25) is 0 Å².